The van der Waals surface area contributed by atoms with Crippen molar-refractivity contribution in [2.45, 2.75) is 0 Å². The highest BCUT2D eigenvalue weighted by Crippen LogP contribution is 2.18. The lowest BCUT2D eigenvalue weighted by Gasteiger charge is -2.36. The molecule has 108 valence electrons. The van der Waals surface area contributed by atoms with Crippen LogP contribution in [0.3, 0.4) is 0 Å². The van der Waals surface area contributed by atoms with Gasteiger partial charge in [-0.25, -0.2) is 4.79 Å². The molecule has 3 amide bonds. The molecule has 1 N–H and O–H groups in total. The average Bonchev–Trinajstić information content (AvgIpc) is 2.46. The molecule has 0 saturated carbocycles. The second-order valence-electron chi connectivity index (χ2n) is 4.97. The number of nitrogens with zero attached hydrogens (tertiary/aromatic N) is 3. The molecule has 0 aromatic heterocycles. The number of piperazine rings is 1. The number of rotatable bonds is 1. The summed E-state index contributed by atoms with van der Waals surface area (Å²) >= 11 is 0. The Kier molecular flexibility index (Phi) is 4.12. The van der Waals surface area contributed by atoms with E-state index in [0.29, 0.717) is 31.7 Å². The summed E-state index contributed by atoms with van der Waals surface area (Å²) in [6, 6.07) is 6.46. The van der Waals surface area contributed by atoms with Gasteiger partial charge in [0.05, 0.1) is 5.56 Å². The zero-order valence-electron chi connectivity index (χ0n) is 11.7. The van der Waals surface area contributed by atoms with Gasteiger partial charge in [0.25, 0.3) is 5.91 Å². The maximum absolute atomic E-state index is 12.3. The first kappa shape index (κ1) is 14.2. The number of hydrogen-bond donors (Lipinski definition) is 1. The topological polar surface area (TPSA) is 64.1 Å². The molecular formula is C14H19N3O3. The van der Waals surface area contributed by atoms with E-state index in [0.717, 1.165) is 0 Å². The van der Waals surface area contributed by atoms with Crippen LogP contribution in [0.25, 0.3) is 0 Å². The highest BCUT2D eigenvalue weighted by Gasteiger charge is 2.26. The second-order valence-corrected chi connectivity index (χ2v) is 4.97. The maximum Gasteiger partial charge on any atom is 0.319 e. The Bertz CT molecular complexity index is 508. The average molecular weight is 277 g/mol. The van der Waals surface area contributed by atoms with E-state index < -0.39 is 0 Å². The number of urea groups is 1. The third-order valence-electron chi connectivity index (χ3n) is 3.35. The molecule has 0 radical (unpaired) electrons. The molecule has 0 unspecified atom stereocenters. The van der Waals surface area contributed by atoms with Crippen LogP contribution in [-0.2, 0) is 0 Å². The van der Waals surface area contributed by atoms with E-state index in [-0.39, 0.29) is 17.7 Å². The fraction of sp³-hybridized carbons (Fsp3) is 0.429. The van der Waals surface area contributed by atoms with Gasteiger partial charge in [0, 0.05) is 40.3 Å². The van der Waals surface area contributed by atoms with Crippen LogP contribution in [0, 0.1) is 0 Å². The van der Waals surface area contributed by atoms with Crippen LogP contribution in [-0.4, -0.2) is 72.0 Å². The van der Waals surface area contributed by atoms with E-state index in [1.54, 1.807) is 42.1 Å². The van der Waals surface area contributed by atoms with E-state index in [1.807, 2.05) is 0 Å². The summed E-state index contributed by atoms with van der Waals surface area (Å²) in [7, 11) is 3.42. The van der Waals surface area contributed by atoms with Crippen molar-refractivity contribution >= 4 is 11.9 Å². The number of phenolic OH excluding ortho intramolecular Hbond substituents is 1. The molecule has 1 fully saturated rings. The van der Waals surface area contributed by atoms with Gasteiger partial charge in [0.2, 0.25) is 0 Å². The molecule has 0 aliphatic carbocycles. The SMILES string of the molecule is CN(C)C(=O)N1CCN(C(=O)c2ccccc2O)CC1. The molecule has 2 rings (SSSR count). The van der Waals surface area contributed by atoms with Crippen molar-refractivity contribution in [2.24, 2.45) is 0 Å². The van der Waals surface area contributed by atoms with Gasteiger partial charge in [0.15, 0.2) is 0 Å². The lowest BCUT2D eigenvalue weighted by atomic mass is 10.1. The highest BCUT2D eigenvalue weighted by molar-refractivity contribution is 5.96. The van der Waals surface area contributed by atoms with Gasteiger partial charge >= 0.3 is 6.03 Å². The highest BCUT2D eigenvalue weighted by atomic mass is 16.3. The van der Waals surface area contributed by atoms with Crippen molar-refractivity contribution in [3.63, 3.8) is 0 Å². The normalized spacial score (nSPS) is 15.1. The molecule has 1 aliphatic rings. The van der Waals surface area contributed by atoms with Crippen molar-refractivity contribution in [1.82, 2.24) is 14.7 Å². The Morgan fingerprint density at radius 2 is 1.60 bits per heavy atom. The minimum Gasteiger partial charge on any atom is -0.507 e. The number of carbonyl (C=O) groups excluding carboxylic acids is 2. The van der Waals surface area contributed by atoms with Crippen LogP contribution in [0.5, 0.6) is 5.75 Å². The molecule has 0 atom stereocenters. The van der Waals surface area contributed by atoms with Gasteiger partial charge in [-0.3, -0.25) is 4.79 Å². The number of para-hydroxylation sites is 1. The van der Waals surface area contributed by atoms with Gasteiger partial charge in [0.1, 0.15) is 5.75 Å². The summed E-state index contributed by atoms with van der Waals surface area (Å²) < 4.78 is 0. The van der Waals surface area contributed by atoms with Crippen molar-refractivity contribution < 1.29 is 14.7 Å². The van der Waals surface area contributed by atoms with E-state index in [4.69, 9.17) is 0 Å². The fourth-order valence-corrected chi connectivity index (χ4v) is 2.21. The summed E-state index contributed by atoms with van der Waals surface area (Å²) in [6.07, 6.45) is 0. The summed E-state index contributed by atoms with van der Waals surface area (Å²) in [5, 5.41) is 9.71. The number of carbonyl (C=O) groups is 2. The van der Waals surface area contributed by atoms with Crippen LogP contribution in [0.4, 0.5) is 4.79 Å². The molecule has 6 nitrogen and oxygen atoms in total. The first-order valence-corrected chi connectivity index (χ1v) is 6.54. The quantitative estimate of drug-likeness (QED) is 0.827. The Morgan fingerprint density at radius 3 is 2.15 bits per heavy atom. The number of hydrogen-bond acceptors (Lipinski definition) is 3. The molecule has 1 aliphatic heterocycles. The summed E-state index contributed by atoms with van der Waals surface area (Å²) in [5.41, 5.74) is 0.305. The van der Waals surface area contributed by atoms with E-state index in [2.05, 4.69) is 0 Å². The van der Waals surface area contributed by atoms with Gasteiger partial charge < -0.3 is 19.8 Å². The Morgan fingerprint density at radius 1 is 1.05 bits per heavy atom. The van der Waals surface area contributed by atoms with Crippen LogP contribution >= 0.6 is 0 Å². The molecule has 1 aromatic rings. The standard InChI is InChI=1S/C14H19N3O3/c1-15(2)14(20)17-9-7-16(8-10-17)13(19)11-5-3-4-6-12(11)18/h3-6,18H,7-10H2,1-2H3. The third kappa shape index (κ3) is 2.84. The summed E-state index contributed by atoms with van der Waals surface area (Å²) in [4.78, 5) is 29.0. The summed E-state index contributed by atoms with van der Waals surface area (Å²) in [6.45, 7) is 1.98. The largest absolute Gasteiger partial charge is 0.507 e. The van der Waals surface area contributed by atoms with Crippen molar-refractivity contribution in [3.05, 3.63) is 29.8 Å². The first-order chi connectivity index (χ1) is 9.50. The van der Waals surface area contributed by atoms with Crippen molar-refractivity contribution in [3.8, 4) is 5.75 Å². The molecule has 0 bridgehead atoms. The molecule has 1 aromatic carbocycles. The van der Waals surface area contributed by atoms with Gasteiger partial charge in [-0.2, -0.15) is 0 Å². The van der Waals surface area contributed by atoms with E-state index in [1.165, 1.54) is 11.0 Å². The fourth-order valence-electron chi connectivity index (χ4n) is 2.21. The zero-order chi connectivity index (χ0) is 14.7. The van der Waals surface area contributed by atoms with Crippen LogP contribution in [0.2, 0.25) is 0 Å². The van der Waals surface area contributed by atoms with Crippen molar-refractivity contribution in [2.75, 3.05) is 40.3 Å². The number of aromatic hydroxyl groups is 1. The number of amides is 3. The lowest BCUT2D eigenvalue weighted by Crippen LogP contribution is -2.52. The Balaban J connectivity index is 1.99. The molecule has 1 saturated heterocycles. The van der Waals surface area contributed by atoms with Gasteiger partial charge in [-0.05, 0) is 12.1 Å². The van der Waals surface area contributed by atoms with E-state index >= 15 is 0 Å². The zero-order valence-corrected chi connectivity index (χ0v) is 11.7. The number of benzene rings is 1. The predicted octanol–water partition coefficient (Wildman–Crippen LogP) is 0.832. The van der Waals surface area contributed by atoms with Crippen molar-refractivity contribution in [1.29, 1.82) is 0 Å². The van der Waals surface area contributed by atoms with Crippen LogP contribution in [0.1, 0.15) is 10.4 Å². The first-order valence-electron chi connectivity index (χ1n) is 6.54. The Labute approximate surface area is 118 Å². The van der Waals surface area contributed by atoms with E-state index in [9.17, 15) is 14.7 Å². The number of phenols is 1. The van der Waals surface area contributed by atoms with Crippen LogP contribution < -0.4 is 0 Å². The third-order valence-corrected chi connectivity index (χ3v) is 3.35. The van der Waals surface area contributed by atoms with Gasteiger partial charge in [-0.1, -0.05) is 12.1 Å². The molecular weight excluding hydrogens is 258 g/mol. The van der Waals surface area contributed by atoms with Crippen LogP contribution in [0.15, 0.2) is 24.3 Å². The second kappa shape index (κ2) is 5.81. The predicted molar refractivity (Wildman–Crippen MR) is 74.7 cm³/mol. The monoisotopic (exact) mass is 277 g/mol. The lowest BCUT2D eigenvalue weighted by molar-refractivity contribution is 0.0647. The molecule has 1 heterocycles. The molecule has 20 heavy (non-hydrogen) atoms. The maximum atomic E-state index is 12.3. The summed E-state index contributed by atoms with van der Waals surface area (Å²) in [5.74, 6) is -0.204. The minimum absolute atomic E-state index is 0.00991. The van der Waals surface area contributed by atoms with Gasteiger partial charge in [-0.15, -0.1) is 0 Å². The molecule has 0 spiro atoms. The molecule has 6 heteroatoms. The minimum atomic E-state index is -0.194. The Hall–Kier alpha value is -2.24. The smallest absolute Gasteiger partial charge is 0.319 e.